The zero-order chi connectivity index (χ0) is 16.2. The Balaban J connectivity index is 1.63. The number of aryl methyl sites for hydroxylation is 1. The summed E-state index contributed by atoms with van der Waals surface area (Å²) in [6.45, 7) is 1.99. The molecule has 2 bridgehead atoms. The molecule has 4 heteroatoms. The van der Waals surface area contributed by atoms with Crippen LogP contribution in [0.3, 0.4) is 0 Å². The van der Waals surface area contributed by atoms with Crippen LogP contribution in [0, 0.1) is 30.6 Å². The number of carbonyl (C=O) groups excluding carboxylic acids is 1. The van der Waals surface area contributed by atoms with Gasteiger partial charge in [-0.05, 0) is 49.5 Å². The number of benzene rings is 1. The third kappa shape index (κ3) is 2.36. The van der Waals surface area contributed by atoms with Gasteiger partial charge in [-0.2, -0.15) is 0 Å². The smallest absolute Gasteiger partial charge is 0.159 e. The van der Waals surface area contributed by atoms with Gasteiger partial charge in [0.05, 0.1) is 22.2 Å². The molecule has 120 valence electrons. The molecule has 1 saturated carbocycles. The predicted octanol–water partition coefficient (Wildman–Crippen LogP) is 2.41. The lowest BCUT2D eigenvalue weighted by Crippen LogP contribution is -2.50. The van der Waals surface area contributed by atoms with Crippen LogP contribution in [0.15, 0.2) is 53.5 Å². The number of ketones is 1. The van der Waals surface area contributed by atoms with Crippen molar-refractivity contribution in [1.29, 1.82) is 0 Å². The lowest BCUT2D eigenvalue weighted by atomic mass is 9.68. The second-order valence-electron chi connectivity index (χ2n) is 7.03. The van der Waals surface area contributed by atoms with Gasteiger partial charge in [0.25, 0.3) is 0 Å². The molecule has 1 aromatic carbocycles. The molecule has 0 aliphatic heterocycles. The number of allylic oxidation sites excluding steroid dienone is 3. The molecule has 4 rings (SSSR count). The maximum atomic E-state index is 12.7. The van der Waals surface area contributed by atoms with Gasteiger partial charge in [0.2, 0.25) is 0 Å². The molecule has 1 aromatic rings. The molecule has 3 aliphatic carbocycles. The van der Waals surface area contributed by atoms with Gasteiger partial charge in [-0.15, -0.1) is 0 Å². The lowest BCUT2D eigenvalue weighted by Gasteiger charge is -2.41. The second kappa shape index (κ2) is 5.25. The molecule has 1 fully saturated rings. The van der Waals surface area contributed by atoms with Crippen LogP contribution < -0.4 is 0 Å². The van der Waals surface area contributed by atoms with Crippen molar-refractivity contribution in [3.63, 3.8) is 0 Å². The average molecular weight is 328 g/mol. The fraction of sp³-hybridized carbons (Fsp3) is 0.421. The molecule has 0 unspecified atom stereocenters. The van der Waals surface area contributed by atoms with Crippen molar-refractivity contribution in [3.8, 4) is 0 Å². The Hall–Kier alpha value is -1.52. The molecule has 0 spiro atoms. The Kier molecular flexibility index (Phi) is 3.43. The van der Waals surface area contributed by atoms with Gasteiger partial charge in [-0.3, -0.25) is 9.00 Å². The Morgan fingerprint density at radius 3 is 2.65 bits per heavy atom. The van der Waals surface area contributed by atoms with Crippen molar-refractivity contribution in [2.45, 2.75) is 23.8 Å². The highest BCUT2D eigenvalue weighted by Crippen LogP contribution is 2.54. The van der Waals surface area contributed by atoms with E-state index in [9.17, 15) is 14.1 Å². The summed E-state index contributed by atoms with van der Waals surface area (Å²) < 4.78 is 12.7. The van der Waals surface area contributed by atoms with Crippen LogP contribution in [0.4, 0.5) is 0 Å². The standard InChI is InChI=1S/C19H20O3S/c1-12-2-6-15(7-3-12)23(22)11-19(21)9-8-16(20)17-13-4-5-14(10-13)18(17)19/h2-9,13-14,17-18,21H,10-11H2,1H3/t13-,14+,17+,18+,19+,23-/m1/s1. The van der Waals surface area contributed by atoms with E-state index in [0.717, 1.165) is 16.9 Å². The maximum absolute atomic E-state index is 12.7. The van der Waals surface area contributed by atoms with Gasteiger partial charge in [0, 0.05) is 16.7 Å². The third-order valence-electron chi connectivity index (χ3n) is 5.55. The van der Waals surface area contributed by atoms with E-state index in [0.29, 0.717) is 0 Å². The van der Waals surface area contributed by atoms with Crippen molar-refractivity contribution in [3.05, 3.63) is 54.1 Å². The third-order valence-corrected chi connectivity index (χ3v) is 7.07. The Bertz CT molecular complexity index is 733. The van der Waals surface area contributed by atoms with Crippen molar-refractivity contribution >= 4 is 16.6 Å². The van der Waals surface area contributed by atoms with Gasteiger partial charge in [0.1, 0.15) is 0 Å². The van der Waals surface area contributed by atoms with Gasteiger partial charge >= 0.3 is 0 Å². The number of fused-ring (bicyclic) bond motifs is 5. The van der Waals surface area contributed by atoms with Crippen LogP contribution >= 0.6 is 0 Å². The summed E-state index contributed by atoms with van der Waals surface area (Å²) >= 11 is 0. The van der Waals surface area contributed by atoms with Crippen LogP contribution in [-0.2, 0) is 15.6 Å². The van der Waals surface area contributed by atoms with Crippen LogP contribution in [0.2, 0.25) is 0 Å². The summed E-state index contributed by atoms with van der Waals surface area (Å²) in [4.78, 5) is 13.0. The molecular formula is C19H20O3S. The van der Waals surface area contributed by atoms with Gasteiger partial charge in [0.15, 0.2) is 5.78 Å². The fourth-order valence-corrected chi connectivity index (χ4v) is 5.78. The molecule has 0 saturated heterocycles. The highest BCUT2D eigenvalue weighted by molar-refractivity contribution is 7.85. The Morgan fingerprint density at radius 1 is 1.22 bits per heavy atom. The zero-order valence-corrected chi connectivity index (χ0v) is 13.8. The monoisotopic (exact) mass is 328 g/mol. The van der Waals surface area contributed by atoms with Gasteiger partial charge in [-0.1, -0.05) is 29.8 Å². The number of rotatable bonds is 3. The summed E-state index contributed by atoms with van der Waals surface area (Å²) in [7, 11) is -1.29. The number of hydrogen-bond acceptors (Lipinski definition) is 3. The van der Waals surface area contributed by atoms with Crippen LogP contribution in [0.25, 0.3) is 0 Å². The van der Waals surface area contributed by atoms with E-state index < -0.39 is 16.4 Å². The first-order valence-electron chi connectivity index (χ1n) is 8.07. The molecule has 0 amide bonds. The van der Waals surface area contributed by atoms with Gasteiger partial charge < -0.3 is 5.11 Å². The highest BCUT2D eigenvalue weighted by Gasteiger charge is 2.57. The van der Waals surface area contributed by atoms with Crippen LogP contribution in [0.1, 0.15) is 12.0 Å². The maximum Gasteiger partial charge on any atom is 0.159 e. The first-order chi connectivity index (χ1) is 11.0. The molecule has 3 nitrogen and oxygen atoms in total. The molecule has 0 radical (unpaired) electrons. The fourth-order valence-electron chi connectivity index (χ4n) is 4.47. The molecule has 23 heavy (non-hydrogen) atoms. The summed E-state index contributed by atoms with van der Waals surface area (Å²) in [5.41, 5.74) is -0.0516. The van der Waals surface area contributed by atoms with Crippen LogP contribution in [0.5, 0.6) is 0 Å². The molecular weight excluding hydrogens is 308 g/mol. The van der Waals surface area contributed by atoms with Crippen molar-refractivity contribution in [2.75, 3.05) is 5.75 Å². The zero-order valence-electron chi connectivity index (χ0n) is 13.0. The molecule has 3 aliphatic rings. The summed E-state index contributed by atoms with van der Waals surface area (Å²) in [5.74, 6) is 0.440. The minimum atomic E-state index is -1.29. The predicted molar refractivity (Wildman–Crippen MR) is 89.3 cm³/mol. The molecule has 0 aromatic heterocycles. The SMILES string of the molecule is Cc1ccc([S@](=O)C[C@@]2(O)C=CC(=O)[C@H]3[C@@H]2[C@H]2C=C[C@@H]3C2)cc1. The van der Waals surface area contributed by atoms with Crippen molar-refractivity contribution in [2.24, 2.45) is 23.7 Å². The average Bonchev–Trinajstić information content (AvgIpc) is 3.14. The highest BCUT2D eigenvalue weighted by atomic mass is 32.2. The van der Waals surface area contributed by atoms with Crippen LogP contribution in [-0.4, -0.2) is 26.5 Å². The van der Waals surface area contributed by atoms with E-state index in [1.807, 2.05) is 31.2 Å². The normalized spacial score (nSPS) is 38.8. The largest absolute Gasteiger partial charge is 0.384 e. The van der Waals surface area contributed by atoms with E-state index >= 15 is 0 Å². The summed E-state index contributed by atoms with van der Waals surface area (Å²) in [6.07, 6.45) is 8.26. The Morgan fingerprint density at radius 2 is 1.91 bits per heavy atom. The van der Waals surface area contributed by atoms with E-state index in [4.69, 9.17) is 0 Å². The van der Waals surface area contributed by atoms with Crippen molar-refractivity contribution < 1.29 is 14.1 Å². The lowest BCUT2D eigenvalue weighted by molar-refractivity contribution is -0.125. The summed E-state index contributed by atoms with van der Waals surface area (Å²) in [6, 6.07) is 7.57. The minimum Gasteiger partial charge on any atom is -0.384 e. The van der Waals surface area contributed by atoms with E-state index in [1.54, 1.807) is 6.08 Å². The number of aliphatic hydroxyl groups is 1. The first-order valence-corrected chi connectivity index (χ1v) is 9.39. The molecule has 0 heterocycles. The topological polar surface area (TPSA) is 54.4 Å². The minimum absolute atomic E-state index is 0.109. The summed E-state index contributed by atoms with van der Waals surface area (Å²) in [5, 5.41) is 11.2. The van der Waals surface area contributed by atoms with Crippen molar-refractivity contribution in [1.82, 2.24) is 0 Å². The van der Waals surface area contributed by atoms with E-state index in [2.05, 4.69) is 12.2 Å². The van der Waals surface area contributed by atoms with E-state index in [-0.39, 0.29) is 35.2 Å². The quantitative estimate of drug-likeness (QED) is 0.867. The van der Waals surface area contributed by atoms with Gasteiger partial charge in [-0.25, -0.2) is 0 Å². The second-order valence-corrected chi connectivity index (χ2v) is 8.48. The first kappa shape index (κ1) is 15.0. The molecule has 1 N–H and O–H groups in total. The number of carbonyl (C=O) groups is 1. The van der Waals surface area contributed by atoms with E-state index in [1.165, 1.54) is 6.08 Å². The number of hydrogen-bond donors (Lipinski definition) is 1. The Labute approximate surface area is 138 Å². The molecule has 6 atom stereocenters.